The zero-order chi connectivity index (χ0) is 21.3. The minimum Gasteiger partial charge on any atom is -0.339 e. The Morgan fingerprint density at radius 2 is 1.83 bits per heavy atom. The molecule has 1 fully saturated rings. The molecule has 0 aliphatic carbocycles. The largest absolute Gasteiger partial charge is 0.339 e. The highest BCUT2D eigenvalue weighted by atomic mass is 16.2. The molecule has 1 saturated heterocycles. The molecule has 5 heteroatoms. The van der Waals surface area contributed by atoms with Gasteiger partial charge in [0.2, 0.25) is 0 Å². The number of aryl methyl sites for hydroxylation is 1. The number of hydrogen-bond donors (Lipinski definition) is 0. The van der Waals surface area contributed by atoms with E-state index in [4.69, 9.17) is 0 Å². The Balaban J connectivity index is 1.41. The third-order valence-corrected chi connectivity index (χ3v) is 6.43. The first kappa shape index (κ1) is 20.6. The van der Waals surface area contributed by atoms with Crippen LogP contribution in [0.3, 0.4) is 0 Å². The molecule has 4 rings (SSSR count). The number of aromatic nitrogens is 2. The van der Waals surface area contributed by atoms with Gasteiger partial charge in [0, 0.05) is 44.3 Å². The molecule has 0 bridgehead atoms. The van der Waals surface area contributed by atoms with Gasteiger partial charge in [0.25, 0.3) is 5.91 Å². The molecule has 0 unspecified atom stereocenters. The molecule has 0 atom stereocenters. The first-order valence-electron chi connectivity index (χ1n) is 10.9. The van der Waals surface area contributed by atoms with E-state index in [-0.39, 0.29) is 5.91 Å². The van der Waals surface area contributed by atoms with Crippen molar-refractivity contribution in [3.63, 3.8) is 0 Å². The molecule has 30 heavy (non-hydrogen) atoms. The molecular formula is C25H32N4O. The Morgan fingerprint density at radius 3 is 2.50 bits per heavy atom. The van der Waals surface area contributed by atoms with Crippen LogP contribution in [-0.4, -0.2) is 57.5 Å². The zero-order valence-electron chi connectivity index (χ0n) is 18.5. The van der Waals surface area contributed by atoms with Gasteiger partial charge in [0.1, 0.15) is 0 Å². The van der Waals surface area contributed by atoms with Crippen molar-refractivity contribution in [2.75, 3.05) is 20.1 Å². The van der Waals surface area contributed by atoms with Crippen molar-refractivity contribution in [3.8, 4) is 0 Å². The summed E-state index contributed by atoms with van der Waals surface area (Å²) in [5, 5.41) is 0. The van der Waals surface area contributed by atoms with E-state index >= 15 is 0 Å². The fourth-order valence-corrected chi connectivity index (χ4v) is 4.41. The fourth-order valence-electron chi connectivity index (χ4n) is 4.41. The van der Waals surface area contributed by atoms with E-state index in [0.717, 1.165) is 49.1 Å². The summed E-state index contributed by atoms with van der Waals surface area (Å²) in [6.45, 7) is 9.44. The van der Waals surface area contributed by atoms with Crippen molar-refractivity contribution in [2.45, 2.75) is 52.2 Å². The number of benzene rings is 2. The Bertz CT molecular complexity index is 1010. The van der Waals surface area contributed by atoms with Crippen LogP contribution in [0.1, 0.15) is 48.2 Å². The number of carbonyl (C=O) groups excluding carboxylic acids is 1. The molecule has 1 amide bonds. The van der Waals surface area contributed by atoms with Crippen molar-refractivity contribution < 1.29 is 4.79 Å². The minimum absolute atomic E-state index is 0.119. The SMILES string of the molecule is Cc1ccc2c(c1)ncn2Cc1ccc(C(=O)N(C)C2CCN(C(C)C)CC2)cc1. The number of nitrogens with zero attached hydrogens (tertiary/aromatic N) is 4. The molecule has 0 radical (unpaired) electrons. The lowest BCUT2D eigenvalue weighted by Gasteiger charge is -2.38. The molecule has 0 N–H and O–H groups in total. The summed E-state index contributed by atoms with van der Waals surface area (Å²) in [5.74, 6) is 0.119. The van der Waals surface area contributed by atoms with Crippen LogP contribution in [0, 0.1) is 6.92 Å². The van der Waals surface area contributed by atoms with Crippen molar-refractivity contribution in [1.29, 1.82) is 0 Å². The summed E-state index contributed by atoms with van der Waals surface area (Å²) in [5.41, 5.74) is 5.30. The number of piperidine rings is 1. The van der Waals surface area contributed by atoms with Crippen LogP contribution in [0.5, 0.6) is 0 Å². The van der Waals surface area contributed by atoms with E-state index in [1.165, 1.54) is 11.1 Å². The monoisotopic (exact) mass is 404 g/mol. The average molecular weight is 405 g/mol. The Kier molecular flexibility index (Phi) is 5.91. The fraction of sp³-hybridized carbons (Fsp3) is 0.440. The Hall–Kier alpha value is -2.66. The maximum atomic E-state index is 13.0. The lowest BCUT2D eigenvalue weighted by atomic mass is 10.0. The number of likely N-dealkylation sites (tertiary alicyclic amines) is 1. The van der Waals surface area contributed by atoms with Gasteiger partial charge in [-0.1, -0.05) is 18.2 Å². The van der Waals surface area contributed by atoms with Crippen molar-refractivity contribution in [3.05, 3.63) is 65.5 Å². The molecule has 158 valence electrons. The molecular weight excluding hydrogens is 372 g/mol. The van der Waals surface area contributed by atoms with Crippen LogP contribution in [0.4, 0.5) is 0 Å². The van der Waals surface area contributed by atoms with Crippen molar-refractivity contribution in [2.24, 2.45) is 0 Å². The molecule has 5 nitrogen and oxygen atoms in total. The smallest absolute Gasteiger partial charge is 0.253 e. The Labute approximate surface area is 179 Å². The Morgan fingerprint density at radius 1 is 1.13 bits per heavy atom. The van der Waals surface area contributed by atoms with Crippen LogP contribution in [0.15, 0.2) is 48.8 Å². The van der Waals surface area contributed by atoms with Crippen LogP contribution in [0.2, 0.25) is 0 Å². The van der Waals surface area contributed by atoms with Crippen molar-refractivity contribution >= 4 is 16.9 Å². The normalized spacial score (nSPS) is 15.8. The second kappa shape index (κ2) is 8.60. The first-order valence-corrected chi connectivity index (χ1v) is 10.9. The number of hydrogen-bond acceptors (Lipinski definition) is 3. The zero-order valence-corrected chi connectivity index (χ0v) is 18.5. The van der Waals surface area contributed by atoms with Gasteiger partial charge >= 0.3 is 0 Å². The van der Waals surface area contributed by atoms with Crippen LogP contribution < -0.4 is 0 Å². The summed E-state index contributed by atoms with van der Waals surface area (Å²) in [6, 6.07) is 15.3. The predicted molar refractivity (Wildman–Crippen MR) is 122 cm³/mol. The molecule has 0 spiro atoms. The summed E-state index contributed by atoms with van der Waals surface area (Å²) >= 11 is 0. The van der Waals surface area contributed by atoms with Crippen LogP contribution in [-0.2, 0) is 6.54 Å². The minimum atomic E-state index is 0.119. The highest BCUT2D eigenvalue weighted by Crippen LogP contribution is 2.20. The second-order valence-corrected chi connectivity index (χ2v) is 8.84. The van der Waals surface area contributed by atoms with Gasteiger partial charge in [-0.15, -0.1) is 0 Å². The number of imidazole rings is 1. The van der Waals surface area contributed by atoms with E-state index in [1.54, 1.807) is 0 Å². The third-order valence-electron chi connectivity index (χ3n) is 6.43. The van der Waals surface area contributed by atoms with Gasteiger partial charge in [0.05, 0.1) is 17.4 Å². The molecule has 1 aliphatic rings. The van der Waals surface area contributed by atoms with Gasteiger partial charge in [-0.05, 0) is 69.0 Å². The van der Waals surface area contributed by atoms with E-state index in [9.17, 15) is 4.79 Å². The maximum Gasteiger partial charge on any atom is 0.253 e. The highest BCUT2D eigenvalue weighted by Gasteiger charge is 2.26. The van der Waals surface area contributed by atoms with Gasteiger partial charge in [-0.3, -0.25) is 4.79 Å². The maximum absolute atomic E-state index is 13.0. The predicted octanol–water partition coefficient (Wildman–Crippen LogP) is 4.34. The number of rotatable bonds is 5. The van der Waals surface area contributed by atoms with Gasteiger partial charge in [-0.25, -0.2) is 4.98 Å². The average Bonchev–Trinajstić information content (AvgIpc) is 3.15. The number of amides is 1. The number of fused-ring (bicyclic) bond motifs is 1. The third kappa shape index (κ3) is 4.26. The summed E-state index contributed by atoms with van der Waals surface area (Å²) in [7, 11) is 1.95. The quantitative estimate of drug-likeness (QED) is 0.635. The van der Waals surface area contributed by atoms with E-state index in [2.05, 4.69) is 65.6 Å². The number of carbonyl (C=O) groups is 1. The molecule has 3 aromatic rings. The van der Waals surface area contributed by atoms with Gasteiger partial charge < -0.3 is 14.4 Å². The topological polar surface area (TPSA) is 41.4 Å². The first-order chi connectivity index (χ1) is 14.4. The van der Waals surface area contributed by atoms with Gasteiger partial charge in [-0.2, -0.15) is 0 Å². The van der Waals surface area contributed by atoms with E-state index < -0.39 is 0 Å². The highest BCUT2D eigenvalue weighted by molar-refractivity contribution is 5.94. The lowest BCUT2D eigenvalue weighted by Crippen LogP contribution is -2.47. The van der Waals surface area contributed by atoms with E-state index in [0.29, 0.717) is 12.1 Å². The summed E-state index contributed by atoms with van der Waals surface area (Å²) in [4.78, 5) is 21.9. The molecule has 0 saturated carbocycles. The summed E-state index contributed by atoms with van der Waals surface area (Å²) in [6.07, 6.45) is 3.98. The van der Waals surface area contributed by atoms with Crippen LogP contribution >= 0.6 is 0 Å². The van der Waals surface area contributed by atoms with Crippen LogP contribution in [0.25, 0.3) is 11.0 Å². The molecule has 2 heterocycles. The molecule has 1 aliphatic heterocycles. The molecule has 2 aromatic carbocycles. The lowest BCUT2D eigenvalue weighted by molar-refractivity contribution is 0.0615. The molecule has 1 aromatic heterocycles. The second-order valence-electron chi connectivity index (χ2n) is 8.84. The van der Waals surface area contributed by atoms with E-state index in [1.807, 2.05) is 30.4 Å². The van der Waals surface area contributed by atoms with Crippen molar-refractivity contribution in [1.82, 2.24) is 19.4 Å². The summed E-state index contributed by atoms with van der Waals surface area (Å²) < 4.78 is 2.15. The standard InChI is InChI=1S/C25H32N4O/c1-18(2)28-13-11-22(12-14-28)27(4)25(30)21-8-6-20(7-9-21)16-29-17-26-23-15-19(3)5-10-24(23)29/h5-10,15,17-18,22H,11-14,16H2,1-4H3. The van der Waals surface area contributed by atoms with Gasteiger partial charge in [0.15, 0.2) is 0 Å².